The van der Waals surface area contributed by atoms with Crippen molar-refractivity contribution >= 4 is 24.3 Å². The maximum absolute atomic E-state index is 11.7. The molecule has 2 rings (SSSR count). The molecular weight excluding hydrogens is 322 g/mol. The van der Waals surface area contributed by atoms with Gasteiger partial charge in [-0.15, -0.1) is 12.4 Å². The first-order valence-electron chi connectivity index (χ1n) is 7.29. The lowest BCUT2D eigenvalue weighted by Gasteiger charge is -2.23. The molecule has 1 aromatic rings. The summed E-state index contributed by atoms with van der Waals surface area (Å²) in [6.07, 6.45) is 2.23. The number of rotatable bonds is 5. The number of methoxy groups -OCH3 is 2. The molecule has 23 heavy (non-hydrogen) atoms. The summed E-state index contributed by atoms with van der Waals surface area (Å²) in [6.45, 7) is 2.50. The summed E-state index contributed by atoms with van der Waals surface area (Å²) in [5, 5.41) is 3.32. The maximum atomic E-state index is 11.7. The standard InChI is InChI=1S/C16H21NO5.ClH/c1-20-15(18)12-6-13(16(19)21-2)8-14(7-12)22-10-11-4-3-5-17-9-11;/h6-8,11,17H,3-5,9-10H2,1-2H3;1H. The lowest BCUT2D eigenvalue weighted by Crippen LogP contribution is -2.33. The monoisotopic (exact) mass is 343 g/mol. The third-order valence-corrected chi connectivity index (χ3v) is 3.63. The van der Waals surface area contributed by atoms with Crippen molar-refractivity contribution in [2.24, 2.45) is 5.92 Å². The van der Waals surface area contributed by atoms with Crippen LogP contribution in [0.3, 0.4) is 0 Å². The van der Waals surface area contributed by atoms with Gasteiger partial charge < -0.3 is 19.5 Å². The average molecular weight is 344 g/mol. The van der Waals surface area contributed by atoms with Gasteiger partial charge in [-0.3, -0.25) is 0 Å². The van der Waals surface area contributed by atoms with Gasteiger partial charge in [0.1, 0.15) is 5.75 Å². The van der Waals surface area contributed by atoms with E-state index in [2.05, 4.69) is 5.32 Å². The van der Waals surface area contributed by atoms with E-state index in [0.29, 0.717) is 18.3 Å². The predicted molar refractivity (Wildman–Crippen MR) is 87.5 cm³/mol. The quantitative estimate of drug-likeness (QED) is 0.825. The summed E-state index contributed by atoms with van der Waals surface area (Å²) in [5.74, 6) is -0.143. The molecule has 6 nitrogen and oxygen atoms in total. The van der Waals surface area contributed by atoms with Gasteiger partial charge in [0.25, 0.3) is 0 Å². The molecule has 1 unspecified atom stereocenters. The maximum Gasteiger partial charge on any atom is 0.338 e. The van der Waals surface area contributed by atoms with Crippen LogP contribution in [0.4, 0.5) is 0 Å². The molecule has 128 valence electrons. The number of piperidine rings is 1. The van der Waals surface area contributed by atoms with Gasteiger partial charge in [0, 0.05) is 12.5 Å². The molecule has 0 bridgehead atoms. The summed E-state index contributed by atoms with van der Waals surface area (Å²) in [7, 11) is 2.59. The first kappa shape index (κ1) is 19.3. The van der Waals surface area contributed by atoms with Crippen LogP contribution in [0, 0.1) is 5.92 Å². The normalized spacial score (nSPS) is 16.9. The molecule has 1 atom stereocenters. The zero-order chi connectivity index (χ0) is 15.9. The van der Waals surface area contributed by atoms with Crippen LogP contribution in [0.5, 0.6) is 5.75 Å². The van der Waals surface area contributed by atoms with E-state index in [1.54, 1.807) is 12.1 Å². The van der Waals surface area contributed by atoms with Crippen LogP contribution >= 0.6 is 12.4 Å². The zero-order valence-corrected chi connectivity index (χ0v) is 14.1. The second kappa shape index (κ2) is 9.37. The molecular formula is C16H22ClNO5. The van der Waals surface area contributed by atoms with Crippen molar-refractivity contribution in [3.63, 3.8) is 0 Å². The summed E-state index contributed by atoms with van der Waals surface area (Å²) in [5.41, 5.74) is 0.532. The van der Waals surface area contributed by atoms with E-state index in [-0.39, 0.29) is 23.5 Å². The molecule has 0 aromatic heterocycles. The Kier molecular flexibility index (Phi) is 7.85. The Hall–Kier alpha value is -1.79. The Balaban J connectivity index is 0.00000264. The highest BCUT2D eigenvalue weighted by Crippen LogP contribution is 2.21. The van der Waals surface area contributed by atoms with E-state index in [1.807, 2.05) is 0 Å². The third kappa shape index (κ3) is 5.41. The van der Waals surface area contributed by atoms with Gasteiger partial charge >= 0.3 is 11.9 Å². The van der Waals surface area contributed by atoms with Crippen LogP contribution in [-0.4, -0.2) is 45.9 Å². The van der Waals surface area contributed by atoms with Crippen LogP contribution in [0.15, 0.2) is 18.2 Å². The Morgan fingerprint density at radius 2 is 1.74 bits per heavy atom. The number of carbonyl (C=O) groups excluding carboxylic acids is 2. The first-order chi connectivity index (χ1) is 10.6. The predicted octanol–water partition coefficient (Wildman–Crippen LogP) is 2.06. The Bertz CT molecular complexity index is 509. The van der Waals surface area contributed by atoms with Crippen LogP contribution < -0.4 is 10.1 Å². The Labute approximate surface area is 141 Å². The molecule has 1 fully saturated rings. The van der Waals surface area contributed by atoms with Gasteiger partial charge in [-0.05, 0) is 37.6 Å². The van der Waals surface area contributed by atoms with Gasteiger partial charge in [0.15, 0.2) is 0 Å². The van der Waals surface area contributed by atoms with Crippen LogP contribution in [0.2, 0.25) is 0 Å². The van der Waals surface area contributed by atoms with Gasteiger partial charge in [-0.25, -0.2) is 9.59 Å². The highest BCUT2D eigenvalue weighted by atomic mass is 35.5. The molecule has 0 radical (unpaired) electrons. The topological polar surface area (TPSA) is 73.9 Å². The molecule has 1 saturated heterocycles. The minimum Gasteiger partial charge on any atom is -0.493 e. The minimum absolute atomic E-state index is 0. The van der Waals surface area contributed by atoms with Crippen molar-refractivity contribution in [2.45, 2.75) is 12.8 Å². The molecule has 1 aliphatic heterocycles. The van der Waals surface area contributed by atoms with Crippen molar-refractivity contribution in [2.75, 3.05) is 33.9 Å². The third-order valence-electron chi connectivity index (χ3n) is 3.63. The van der Waals surface area contributed by atoms with E-state index in [1.165, 1.54) is 20.3 Å². The number of esters is 2. The number of benzene rings is 1. The van der Waals surface area contributed by atoms with Crippen molar-refractivity contribution in [3.8, 4) is 5.75 Å². The molecule has 1 aromatic carbocycles. The fourth-order valence-electron chi connectivity index (χ4n) is 2.43. The molecule has 0 spiro atoms. The number of carbonyl (C=O) groups is 2. The Morgan fingerprint density at radius 3 is 2.22 bits per heavy atom. The van der Waals surface area contributed by atoms with E-state index in [4.69, 9.17) is 14.2 Å². The summed E-state index contributed by atoms with van der Waals surface area (Å²) in [6, 6.07) is 4.59. The van der Waals surface area contributed by atoms with E-state index in [9.17, 15) is 9.59 Å². The first-order valence-corrected chi connectivity index (χ1v) is 7.29. The highest BCUT2D eigenvalue weighted by molar-refractivity contribution is 5.96. The number of hydrogen-bond acceptors (Lipinski definition) is 6. The second-order valence-corrected chi connectivity index (χ2v) is 5.25. The number of halogens is 1. The molecule has 7 heteroatoms. The highest BCUT2D eigenvalue weighted by Gasteiger charge is 2.17. The number of nitrogens with one attached hydrogen (secondary N) is 1. The largest absolute Gasteiger partial charge is 0.493 e. The molecule has 1 aliphatic rings. The second-order valence-electron chi connectivity index (χ2n) is 5.25. The summed E-state index contributed by atoms with van der Waals surface area (Å²) in [4.78, 5) is 23.4. The van der Waals surface area contributed by atoms with E-state index < -0.39 is 11.9 Å². The smallest absolute Gasteiger partial charge is 0.338 e. The van der Waals surface area contributed by atoms with Crippen molar-refractivity contribution < 1.29 is 23.8 Å². The van der Waals surface area contributed by atoms with E-state index in [0.717, 1.165) is 25.9 Å². The number of hydrogen-bond donors (Lipinski definition) is 1. The molecule has 0 saturated carbocycles. The van der Waals surface area contributed by atoms with Crippen LogP contribution in [0.25, 0.3) is 0 Å². The van der Waals surface area contributed by atoms with Gasteiger partial charge in [0.05, 0.1) is 32.0 Å². The van der Waals surface area contributed by atoms with Crippen molar-refractivity contribution in [3.05, 3.63) is 29.3 Å². The van der Waals surface area contributed by atoms with Crippen LogP contribution in [0.1, 0.15) is 33.6 Å². The molecule has 0 aliphatic carbocycles. The van der Waals surface area contributed by atoms with E-state index >= 15 is 0 Å². The van der Waals surface area contributed by atoms with Gasteiger partial charge in [-0.1, -0.05) is 0 Å². The molecule has 1 heterocycles. The minimum atomic E-state index is -0.519. The van der Waals surface area contributed by atoms with Gasteiger partial charge in [-0.2, -0.15) is 0 Å². The lowest BCUT2D eigenvalue weighted by atomic mass is 10.0. The fourth-order valence-corrected chi connectivity index (χ4v) is 2.43. The lowest BCUT2D eigenvalue weighted by molar-refractivity contribution is 0.0598. The van der Waals surface area contributed by atoms with Crippen LogP contribution in [-0.2, 0) is 9.47 Å². The fraction of sp³-hybridized carbons (Fsp3) is 0.500. The molecule has 1 N–H and O–H groups in total. The SMILES string of the molecule is COC(=O)c1cc(OCC2CCCNC2)cc(C(=O)OC)c1.Cl. The van der Waals surface area contributed by atoms with Gasteiger partial charge in [0.2, 0.25) is 0 Å². The Morgan fingerprint density at radius 1 is 1.13 bits per heavy atom. The summed E-state index contributed by atoms with van der Waals surface area (Å²) >= 11 is 0. The molecule has 0 amide bonds. The zero-order valence-electron chi connectivity index (χ0n) is 13.3. The average Bonchev–Trinajstić information content (AvgIpc) is 2.59. The van der Waals surface area contributed by atoms with Crippen molar-refractivity contribution in [1.82, 2.24) is 5.32 Å². The summed E-state index contributed by atoms with van der Waals surface area (Å²) < 4.78 is 15.2. The number of ether oxygens (including phenoxy) is 3. The van der Waals surface area contributed by atoms with Crippen molar-refractivity contribution in [1.29, 1.82) is 0 Å².